The Balaban J connectivity index is 1.52. The molecule has 1 saturated heterocycles. The van der Waals surface area contributed by atoms with E-state index < -0.39 is 17.5 Å². The summed E-state index contributed by atoms with van der Waals surface area (Å²) in [4.78, 5) is 31.3. The van der Waals surface area contributed by atoms with E-state index in [0.717, 1.165) is 34.2 Å². The van der Waals surface area contributed by atoms with Gasteiger partial charge in [0.05, 0.1) is 27.9 Å². The number of piperidine rings is 1. The molecule has 4 aromatic rings. The molecule has 0 bridgehead atoms. The van der Waals surface area contributed by atoms with Crippen LogP contribution in [0.4, 0.5) is 4.39 Å². The van der Waals surface area contributed by atoms with Crippen LogP contribution in [0.25, 0.3) is 32.3 Å². The second-order valence-electron chi connectivity index (χ2n) is 9.04. The minimum absolute atomic E-state index is 0.221. The number of para-hydroxylation sites is 1. The molecule has 2 amide bonds. The molecule has 0 spiro atoms. The van der Waals surface area contributed by atoms with Crippen molar-refractivity contribution in [3.63, 3.8) is 0 Å². The van der Waals surface area contributed by atoms with Gasteiger partial charge in [0.25, 0.3) is 11.8 Å². The third kappa shape index (κ3) is 3.24. The van der Waals surface area contributed by atoms with Gasteiger partial charge in [-0.3, -0.25) is 14.9 Å². The summed E-state index contributed by atoms with van der Waals surface area (Å²) in [7, 11) is 2.01. The molecule has 1 fully saturated rings. The fourth-order valence-electron chi connectivity index (χ4n) is 5.06. The average Bonchev–Trinajstić information content (AvgIpc) is 3.54. The number of imide groups is 1. The summed E-state index contributed by atoms with van der Waals surface area (Å²) in [5.41, 5.74) is 2.57. The molecule has 2 N–H and O–H groups in total. The van der Waals surface area contributed by atoms with E-state index in [4.69, 9.17) is 0 Å². The van der Waals surface area contributed by atoms with Gasteiger partial charge in [-0.25, -0.2) is 4.39 Å². The molecule has 1 aromatic carbocycles. The molecule has 3 aromatic heterocycles. The van der Waals surface area contributed by atoms with Crippen molar-refractivity contribution in [1.82, 2.24) is 19.8 Å². The maximum absolute atomic E-state index is 15.7. The Labute approximate surface area is 193 Å². The summed E-state index contributed by atoms with van der Waals surface area (Å²) in [6.07, 6.45) is 4.56. The topological polar surface area (TPSA) is 70.1 Å². The van der Waals surface area contributed by atoms with Gasteiger partial charge in [-0.1, -0.05) is 18.2 Å². The van der Waals surface area contributed by atoms with Crippen LogP contribution in [0.3, 0.4) is 0 Å². The molecule has 0 aliphatic carbocycles. The summed E-state index contributed by atoms with van der Waals surface area (Å²) < 4.78 is 18.6. The molecule has 2 aliphatic rings. The van der Waals surface area contributed by atoms with Crippen LogP contribution >= 0.6 is 11.3 Å². The highest BCUT2D eigenvalue weighted by Crippen LogP contribution is 2.40. The zero-order valence-corrected chi connectivity index (χ0v) is 19.0. The number of aromatic nitrogens is 2. The maximum Gasteiger partial charge on any atom is 0.259 e. The molecular formula is C25H23FN4O2S. The molecule has 6 nitrogen and oxygen atoms in total. The zero-order chi connectivity index (χ0) is 22.7. The minimum atomic E-state index is -1.31. The number of hydrogen-bond acceptors (Lipinski definition) is 4. The van der Waals surface area contributed by atoms with Crippen molar-refractivity contribution in [3.05, 3.63) is 59.2 Å². The van der Waals surface area contributed by atoms with E-state index in [1.807, 2.05) is 53.5 Å². The number of aromatic amines is 1. The Hall–Kier alpha value is -3.23. The van der Waals surface area contributed by atoms with E-state index in [2.05, 4.69) is 15.2 Å². The van der Waals surface area contributed by atoms with Gasteiger partial charge in [-0.05, 0) is 37.4 Å². The highest BCUT2D eigenvalue weighted by molar-refractivity contribution is 7.17. The van der Waals surface area contributed by atoms with Gasteiger partial charge < -0.3 is 14.5 Å². The summed E-state index contributed by atoms with van der Waals surface area (Å²) in [5.74, 6) is -0.823. The van der Waals surface area contributed by atoms with Gasteiger partial charge in [0, 0.05) is 47.5 Å². The number of H-pyrrole nitrogens is 1. The fraction of sp³-hybridized carbons (Fsp3) is 0.280. The van der Waals surface area contributed by atoms with E-state index in [9.17, 15) is 9.59 Å². The highest BCUT2D eigenvalue weighted by atomic mass is 32.1. The summed E-state index contributed by atoms with van der Waals surface area (Å²) >= 11 is 1.52. The number of carbonyl (C=O) groups excluding carboxylic acids is 2. The first-order valence-corrected chi connectivity index (χ1v) is 11.9. The first kappa shape index (κ1) is 20.4. The Morgan fingerprint density at radius 1 is 1.06 bits per heavy atom. The fourth-order valence-corrected chi connectivity index (χ4v) is 5.94. The second-order valence-corrected chi connectivity index (χ2v) is 9.96. The number of hydrogen-bond donors (Lipinski definition) is 2. The number of nitrogens with one attached hydrogen (secondary N) is 2. The Kier molecular flexibility index (Phi) is 4.57. The Bertz CT molecular complexity index is 1450. The molecule has 0 unspecified atom stereocenters. The quantitative estimate of drug-likeness (QED) is 0.447. The lowest BCUT2D eigenvalue weighted by Gasteiger charge is -2.34. The molecule has 8 heteroatoms. The number of benzene rings is 1. The normalized spacial score (nSPS) is 19.2. The lowest BCUT2D eigenvalue weighted by molar-refractivity contribution is -0.122. The molecule has 2 aliphatic heterocycles. The average molecular weight is 463 g/mol. The Morgan fingerprint density at radius 3 is 2.58 bits per heavy atom. The van der Waals surface area contributed by atoms with E-state index in [1.54, 1.807) is 6.20 Å². The van der Waals surface area contributed by atoms with E-state index >= 15 is 4.39 Å². The molecule has 6 rings (SSSR count). The maximum atomic E-state index is 15.7. The first-order chi connectivity index (χ1) is 15.9. The molecule has 0 radical (unpaired) electrons. The number of alkyl halides is 1. The molecule has 168 valence electrons. The van der Waals surface area contributed by atoms with E-state index in [0.29, 0.717) is 35.1 Å². The van der Waals surface area contributed by atoms with Crippen LogP contribution in [0.5, 0.6) is 0 Å². The number of rotatable bonds is 4. The summed E-state index contributed by atoms with van der Waals surface area (Å²) in [5, 5.41) is 5.27. The van der Waals surface area contributed by atoms with Crippen LogP contribution in [0, 0.1) is 0 Å². The second kappa shape index (κ2) is 7.40. The largest absolute Gasteiger partial charge is 0.360 e. The van der Waals surface area contributed by atoms with Crippen molar-refractivity contribution in [2.45, 2.75) is 25.1 Å². The van der Waals surface area contributed by atoms with Gasteiger partial charge >= 0.3 is 0 Å². The molecular weight excluding hydrogens is 439 g/mol. The van der Waals surface area contributed by atoms with Crippen LogP contribution in [0.2, 0.25) is 0 Å². The predicted octanol–water partition coefficient (Wildman–Crippen LogP) is 4.19. The zero-order valence-electron chi connectivity index (χ0n) is 18.2. The van der Waals surface area contributed by atoms with Gasteiger partial charge in [0.1, 0.15) is 5.67 Å². The van der Waals surface area contributed by atoms with Crippen molar-refractivity contribution in [3.8, 4) is 0 Å². The number of nitrogens with zero attached hydrogens (tertiary/aromatic N) is 2. The first-order valence-electron chi connectivity index (χ1n) is 11.0. The van der Waals surface area contributed by atoms with Crippen LogP contribution in [-0.4, -0.2) is 52.1 Å². The highest BCUT2D eigenvalue weighted by Gasteiger charge is 2.37. The van der Waals surface area contributed by atoms with Crippen molar-refractivity contribution in [1.29, 1.82) is 0 Å². The van der Waals surface area contributed by atoms with Gasteiger partial charge in [-0.15, -0.1) is 11.3 Å². The third-order valence-corrected chi connectivity index (χ3v) is 7.82. The van der Waals surface area contributed by atoms with Crippen LogP contribution in [0.1, 0.15) is 24.0 Å². The van der Waals surface area contributed by atoms with Crippen molar-refractivity contribution in [2.24, 2.45) is 0 Å². The van der Waals surface area contributed by atoms with Crippen LogP contribution < -0.4 is 5.32 Å². The lowest BCUT2D eigenvalue weighted by Crippen LogP contribution is -2.42. The van der Waals surface area contributed by atoms with Crippen molar-refractivity contribution >= 4 is 55.4 Å². The van der Waals surface area contributed by atoms with Crippen molar-refractivity contribution < 1.29 is 14.0 Å². The predicted molar refractivity (Wildman–Crippen MR) is 129 cm³/mol. The standard InChI is InChI=1S/C25H23FN4O2S/c1-29-9-7-25(26,8-10-29)14-30-13-17(15-4-2-3-5-19(15)30)21-20(23(31)28-24(21)32)16-12-27-18-6-11-33-22(16)18/h2-6,11-13,27H,7-10,14H2,1H3,(H,28,31,32). The number of carbonyl (C=O) groups is 2. The minimum Gasteiger partial charge on any atom is -0.360 e. The van der Waals surface area contributed by atoms with Crippen LogP contribution in [-0.2, 0) is 16.1 Å². The number of thiophene rings is 1. The number of likely N-dealkylation sites (tertiary alicyclic amines) is 1. The third-order valence-electron chi connectivity index (χ3n) is 6.88. The SMILES string of the molecule is CN1CCC(F)(Cn2cc(C3=C(c4c[nH]c5ccsc45)C(=O)NC3=O)c3ccccc32)CC1. The van der Waals surface area contributed by atoms with Gasteiger partial charge in [0.2, 0.25) is 0 Å². The Morgan fingerprint density at radius 2 is 1.79 bits per heavy atom. The summed E-state index contributed by atoms with van der Waals surface area (Å²) in [6, 6.07) is 9.64. The number of fused-ring (bicyclic) bond motifs is 2. The van der Waals surface area contributed by atoms with Crippen LogP contribution in [0.15, 0.2) is 48.1 Å². The molecule has 0 atom stereocenters. The molecule has 33 heavy (non-hydrogen) atoms. The smallest absolute Gasteiger partial charge is 0.259 e. The number of halogens is 1. The lowest BCUT2D eigenvalue weighted by atomic mass is 9.93. The van der Waals surface area contributed by atoms with E-state index in [-0.39, 0.29) is 6.54 Å². The van der Waals surface area contributed by atoms with Crippen molar-refractivity contribution in [2.75, 3.05) is 20.1 Å². The summed E-state index contributed by atoms with van der Waals surface area (Å²) in [6.45, 7) is 1.66. The van der Waals surface area contributed by atoms with Gasteiger partial charge in [-0.2, -0.15) is 0 Å². The van der Waals surface area contributed by atoms with Gasteiger partial charge in [0.15, 0.2) is 0 Å². The molecule has 5 heterocycles. The number of amides is 2. The molecule has 0 saturated carbocycles. The monoisotopic (exact) mass is 462 g/mol. The van der Waals surface area contributed by atoms with E-state index in [1.165, 1.54) is 11.3 Å².